The second-order valence-electron chi connectivity index (χ2n) is 6.80. The van der Waals surface area contributed by atoms with Gasteiger partial charge in [-0.25, -0.2) is 0 Å². The van der Waals surface area contributed by atoms with E-state index in [0.717, 1.165) is 18.1 Å². The summed E-state index contributed by atoms with van der Waals surface area (Å²) in [5.41, 5.74) is 1.08. The van der Waals surface area contributed by atoms with E-state index in [1.807, 2.05) is 0 Å². The first-order chi connectivity index (χ1) is 13.0. The zero-order valence-electron chi connectivity index (χ0n) is 15.7. The first-order valence-corrected chi connectivity index (χ1v) is 10.1. The molecule has 1 aromatic carbocycles. The lowest BCUT2D eigenvalue weighted by atomic mass is 10.0. The summed E-state index contributed by atoms with van der Waals surface area (Å²) in [7, 11) is 0. The van der Waals surface area contributed by atoms with Crippen molar-refractivity contribution >= 4 is 28.8 Å². The second-order valence-corrected chi connectivity index (χ2v) is 7.98. The molecule has 1 aliphatic rings. The van der Waals surface area contributed by atoms with Gasteiger partial charge < -0.3 is 10.6 Å². The van der Waals surface area contributed by atoms with Crippen LogP contribution in [0.3, 0.4) is 0 Å². The van der Waals surface area contributed by atoms with Gasteiger partial charge in [0.2, 0.25) is 5.01 Å². The number of aromatic nitrogens is 2. The molecule has 0 aliphatic carbocycles. The number of carbonyl (C=O) groups is 2. The molecule has 2 aromatic rings. The quantitative estimate of drug-likeness (QED) is 0.796. The summed E-state index contributed by atoms with van der Waals surface area (Å²) in [6.07, 6.45) is 3.75. The molecule has 7 nitrogen and oxygen atoms in total. The van der Waals surface area contributed by atoms with E-state index in [2.05, 4.69) is 32.7 Å². The molecule has 1 aromatic heterocycles. The highest BCUT2D eigenvalue weighted by Crippen LogP contribution is 2.16. The molecular weight excluding hydrogens is 362 g/mol. The van der Waals surface area contributed by atoms with Crippen LogP contribution in [0.4, 0.5) is 5.69 Å². The summed E-state index contributed by atoms with van der Waals surface area (Å²) in [4.78, 5) is 27.0. The molecule has 1 saturated heterocycles. The summed E-state index contributed by atoms with van der Waals surface area (Å²) in [5, 5.41) is 14.4. The van der Waals surface area contributed by atoms with Gasteiger partial charge in [-0.05, 0) is 51.4 Å². The third kappa shape index (κ3) is 5.33. The Morgan fingerprint density at radius 2 is 2.11 bits per heavy atom. The maximum Gasteiger partial charge on any atom is 0.286 e. The van der Waals surface area contributed by atoms with Crippen LogP contribution in [0.5, 0.6) is 0 Å². The van der Waals surface area contributed by atoms with E-state index < -0.39 is 0 Å². The molecule has 0 bridgehead atoms. The highest BCUT2D eigenvalue weighted by Gasteiger charge is 2.18. The van der Waals surface area contributed by atoms with Gasteiger partial charge in [-0.1, -0.05) is 23.8 Å². The lowest BCUT2D eigenvalue weighted by molar-refractivity contribution is 0.0937. The number of hydrogen-bond acceptors (Lipinski definition) is 6. The SMILES string of the molecule is Cc1nnc(C(=O)Nc2cccc(C(=O)NCCN3CCCC[C@@H]3C)c2)s1. The van der Waals surface area contributed by atoms with Crippen molar-refractivity contribution in [2.75, 3.05) is 25.0 Å². The van der Waals surface area contributed by atoms with E-state index in [9.17, 15) is 9.59 Å². The van der Waals surface area contributed by atoms with Crippen molar-refractivity contribution in [3.8, 4) is 0 Å². The predicted octanol–water partition coefficient (Wildman–Crippen LogP) is 2.70. The van der Waals surface area contributed by atoms with Gasteiger partial charge in [-0.15, -0.1) is 10.2 Å². The van der Waals surface area contributed by atoms with Crippen LogP contribution in [0.2, 0.25) is 0 Å². The Labute approximate surface area is 163 Å². The van der Waals surface area contributed by atoms with Crippen LogP contribution < -0.4 is 10.6 Å². The monoisotopic (exact) mass is 387 g/mol. The number of hydrogen-bond donors (Lipinski definition) is 2. The van der Waals surface area contributed by atoms with E-state index in [1.54, 1.807) is 31.2 Å². The third-order valence-corrected chi connectivity index (χ3v) is 5.57. The fraction of sp³-hybridized carbons (Fsp3) is 0.474. The van der Waals surface area contributed by atoms with Gasteiger partial charge in [0.25, 0.3) is 11.8 Å². The molecule has 0 radical (unpaired) electrons. The normalized spacial score (nSPS) is 17.5. The summed E-state index contributed by atoms with van der Waals surface area (Å²) >= 11 is 1.23. The lowest BCUT2D eigenvalue weighted by Crippen LogP contribution is -2.42. The minimum absolute atomic E-state index is 0.137. The van der Waals surface area contributed by atoms with Crippen molar-refractivity contribution in [2.45, 2.75) is 39.2 Å². The Kier molecular flexibility index (Phi) is 6.52. The molecule has 0 saturated carbocycles. The highest BCUT2D eigenvalue weighted by atomic mass is 32.1. The van der Waals surface area contributed by atoms with Crippen molar-refractivity contribution in [2.24, 2.45) is 0 Å². The maximum absolute atomic E-state index is 12.4. The topological polar surface area (TPSA) is 87.2 Å². The summed E-state index contributed by atoms with van der Waals surface area (Å²) in [6, 6.07) is 7.49. The number of anilines is 1. The molecule has 0 unspecified atom stereocenters. The maximum atomic E-state index is 12.4. The first-order valence-electron chi connectivity index (χ1n) is 9.26. The number of likely N-dealkylation sites (tertiary alicyclic amines) is 1. The second kappa shape index (κ2) is 9.05. The van der Waals surface area contributed by atoms with E-state index in [1.165, 1.54) is 30.6 Å². The fourth-order valence-corrected chi connectivity index (χ4v) is 3.80. The third-order valence-electron chi connectivity index (χ3n) is 4.73. The van der Waals surface area contributed by atoms with Gasteiger partial charge in [-0.3, -0.25) is 14.5 Å². The van der Waals surface area contributed by atoms with Crippen LogP contribution in [0.1, 0.15) is 51.4 Å². The van der Waals surface area contributed by atoms with Crippen molar-refractivity contribution in [1.82, 2.24) is 20.4 Å². The molecule has 2 heterocycles. The van der Waals surface area contributed by atoms with Crippen LogP contribution >= 0.6 is 11.3 Å². The van der Waals surface area contributed by atoms with Gasteiger partial charge >= 0.3 is 0 Å². The van der Waals surface area contributed by atoms with Gasteiger partial charge in [-0.2, -0.15) is 0 Å². The molecule has 0 spiro atoms. The van der Waals surface area contributed by atoms with Crippen LogP contribution in [-0.2, 0) is 0 Å². The van der Waals surface area contributed by atoms with Gasteiger partial charge in [0.1, 0.15) is 5.01 Å². The Morgan fingerprint density at radius 1 is 1.26 bits per heavy atom. The van der Waals surface area contributed by atoms with Crippen LogP contribution in [-0.4, -0.2) is 52.6 Å². The number of rotatable bonds is 6. The van der Waals surface area contributed by atoms with Crippen molar-refractivity contribution in [1.29, 1.82) is 0 Å². The molecule has 27 heavy (non-hydrogen) atoms. The Hall–Kier alpha value is -2.32. The summed E-state index contributed by atoms with van der Waals surface area (Å²) < 4.78 is 0. The first kappa shape index (κ1) is 19.4. The predicted molar refractivity (Wildman–Crippen MR) is 106 cm³/mol. The van der Waals surface area contributed by atoms with Gasteiger partial charge in [0.15, 0.2) is 0 Å². The molecule has 2 amide bonds. The van der Waals surface area contributed by atoms with Crippen LogP contribution in [0, 0.1) is 6.92 Å². The molecule has 1 fully saturated rings. The molecule has 144 valence electrons. The van der Waals surface area contributed by atoms with Crippen molar-refractivity contribution < 1.29 is 9.59 Å². The van der Waals surface area contributed by atoms with Crippen molar-refractivity contribution in [3.63, 3.8) is 0 Å². The summed E-state index contributed by atoms with van der Waals surface area (Å²) in [5.74, 6) is -0.459. The minimum Gasteiger partial charge on any atom is -0.351 e. The van der Waals surface area contributed by atoms with Gasteiger partial charge in [0.05, 0.1) is 0 Å². The Morgan fingerprint density at radius 3 is 2.85 bits per heavy atom. The highest BCUT2D eigenvalue weighted by molar-refractivity contribution is 7.13. The van der Waals surface area contributed by atoms with E-state index in [-0.39, 0.29) is 11.8 Å². The minimum atomic E-state index is -0.322. The number of aryl methyl sites for hydroxylation is 1. The van der Waals surface area contributed by atoms with E-state index in [0.29, 0.717) is 28.8 Å². The van der Waals surface area contributed by atoms with E-state index >= 15 is 0 Å². The number of nitrogens with zero attached hydrogens (tertiary/aromatic N) is 3. The molecule has 3 rings (SSSR count). The zero-order valence-corrected chi connectivity index (χ0v) is 16.5. The summed E-state index contributed by atoms with van der Waals surface area (Å²) in [6.45, 7) is 6.61. The fourth-order valence-electron chi connectivity index (χ4n) is 3.22. The number of amides is 2. The van der Waals surface area contributed by atoms with Gasteiger partial charge in [0, 0.05) is 30.4 Å². The standard InChI is InChI=1S/C19H25N5O2S/c1-13-6-3-4-10-24(13)11-9-20-17(25)15-7-5-8-16(12-15)21-18(26)19-23-22-14(2)27-19/h5,7-8,12-13H,3-4,6,9-11H2,1-2H3,(H,20,25)(H,21,26)/t13-/m0/s1. The molecule has 1 aliphatic heterocycles. The Bertz CT molecular complexity index is 807. The number of nitrogens with one attached hydrogen (secondary N) is 2. The lowest BCUT2D eigenvalue weighted by Gasteiger charge is -2.33. The molecular formula is C19H25N5O2S. The van der Waals surface area contributed by atoms with Crippen molar-refractivity contribution in [3.05, 3.63) is 39.8 Å². The molecule has 8 heteroatoms. The molecule has 2 N–H and O–H groups in total. The number of piperidine rings is 1. The average Bonchev–Trinajstić information content (AvgIpc) is 3.10. The largest absolute Gasteiger partial charge is 0.351 e. The smallest absolute Gasteiger partial charge is 0.286 e. The molecule has 1 atom stereocenters. The number of carbonyl (C=O) groups excluding carboxylic acids is 2. The number of benzene rings is 1. The Balaban J connectivity index is 1.53. The van der Waals surface area contributed by atoms with E-state index in [4.69, 9.17) is 0 Å². The van der Waals surface area contributed by atoms with Crippen LogP contribution in [0.25, 0.3) is 0 Å². The zero-order chi connectivity index (χ0) is 19.2. The average molecular weight is 388 g/mol. The van der Waals surface area contributed by atoms with Crippen LogP contribution in [0.15, 0.2) is 24.3 Å².